The highest BCUT2D eigenvalue weighted by Crippen LogP contribution is 2.32. The molecular formula is C22H25F3N2O3S. The molecule has 0 aromatic heterocycles. The number of hydrogen-bond donors (Lipinski definition) is 1. The zero-order chi connectivity index (χ0) is 22.8. The Morgan fingerprint density at radius 3 is 2.39 bits per heavy atom. The van der Waals surface area contributed by atoms with E-state index in [4.69, 9.17) is 0 Å². The maximum Gasteiger partial charge on any atom is 0.400 e. The van der Waals surface area contributed by atoms with Gasteiger partial charge in [-0.25, -0.2) is 13.1 Å². The lowest BCUT2D eigenvalue weighted by Crippen LogP contribution is -2.50. The molecule has 3 atom stereocenters. The number of sulfonamides is 1. The first-order valence-corrected chi connectivity index (χ1v) is 11.8. The second-order valence-corrected chi connectivity index (χ2v) is 9.70. The van der Waals surface area contributed by atoms with E-state index in [-0.39, 0.29) is 19.4 Å². The highest BCUT2D eigenvalue weighted by atomic mass is 32.2. The molecule has 3 rings (SSSR count). The van der Waals surface area contributed by atoms with Gasteiger partial charge < -0.3 is 4.90 Å². The van der Waals surface area contributed by atoms with Crippen molar-refractivity contribution in [1.82, 2.24) is 9.62 Å². The zero-order valence-electron chi connectivity index (χ0n) is 17.3. The minimum Gasteiger partial charge on any atom is -0.337 e. The normalized spacial score (nSPS) is 20.6. The average molecular weight is 455 g/mol. The molecule has 168 valence electrons. The molecule has 9 heteroatoms. The van der Waals surface area contributed by atoms with Gasteiger partial charge in [0.25, 0.3) is 0 Å². The van der Waals surface area contributed by atoms with Crippen LogP contribution in [0.4, 0.5) is 13.2 Å². The number of benzene rings is 2. The largest absolute Gasteiger partial charge is 0.400 e. The number of carbonyl (C=O) groups excluding carboxylic acids is 1. The quantitative estimate of drug-likeness (QED) is 0.725. The lowest BCUT2D eigenvalue weighted by atomic mass is 9.96. The summed E-state index contributed by atoms with van der Waals surface area (Å²) < 4.78 is 65.6. The van der Waals surface area contributed by atoms with Crippen LogP contribution in [-0.4, -0.2) is 50.3 Å². The molecule has 1 N–H and O–H groups in total. The van der Waals surface area contributed by atoms with Crippen LogP contribution in [0.1, 0.15) is 18.9 Å². The van der Waals surface area contributed by atoms with Crippen LogP contribution in [0.15, 0.2) is 54.6 Å². The summed E-state index contributed by atoms with van der Waals surface area (Å²) in [5.74, 6) is -3.18. The number of nitrogens with zero attached hydrogens (tertiary/aromatic N) is 1. The van der Waals surface area contributed by atoms with E-state index in [1.54, 1.807) is 0 Å². The van der Waals surface area contributed by atoms with Crippen LogP contribution >= 0.6 is 0 Å². The van der Waals surface area contributed by atoms with Crippen molar-refractivity contribution in [3.05, 3.63) is 60.2 Å². The first-order valence-electron chi connectivity index (χ1n) is 9.94. The van der Waals surface area contributed by atoms with E-state index in [1.807, 2.05) is 54.6 Å². The number of likely N-dealkylation sites (tertiary alicyclic amines) is 1. The topological polar surface area (TPSA) is 66.5 Å². The van der Waals surface area contributed by atoms with Crippen molar-refractivity contribution in [2.45, 2.75) is 38.0 Å². The molecule has 1 aliphatic rings. The molecular weight excluding hydrogens is 429 g/mol. The summed E-state index contributed by atoms with van der Waals surface area (Å²) in [4.78, 5) is 13.8. The highest BCUT2D eigenvalue weighted by Gasteiger charge is 2.47. The van der Waals surface area contributed by atoms with E-state index in [2.05, 4.69) is 4.72 Å². The molecule has 0 aliphatic carbocycles. The Hall–Kier alpha value is -2.39. The second-order valence-electron chi connectivity index (χ2n) is 7.92. The first-order chi connectivity index (χ1) is 14.5. The predicted molar refractivity (Wildman–Crippen MR) is 113 cm³/mol. The van der Waals surface area contributed by atoms with Crippen molar-refractivity contribution in [3.63, 3.8) is 0 Å². The van der Waals surface area contributed by atoms with Crippen LogP contribution in [-0.2, 0) is 21.2 Å². The van der Waals surface area contributed by atoms with Crippen molar-refractivity contribution in [2.75, 3.05) is 12.8 Å². The number of rotatable bonds is 6. The van der Waals surface area contributed by atoms with E-state index in [1.165, 1.54) is 4.90 Å². The number of amides is 1. The molecule has 31 heavy (non-hydrogen) atoms. The number of hydrogen-bond acceptors (Lipinski definition) is 3. The molecule has 0 bridgehead atoms. The monoisotopic (exact) mass is 454 g/mol. The fourth-order valence-electron chi connectivity index (χ4n) is 3.93. The van der Waals surface area contributed by atoms with Gasteiger partial charge in [-0.15, -0.1) is 0 Å². The van der Waals surface area contributed by atoms with E-state index in [0.29, 0.717) is 0 Å². The highest BCUT2D eigenvalue weighted by molar-refractivity contribution is 7.88. The van der Waals surface area contributed by atoms with Gasteiger partial charge in [0.15, 0.2) is 0 Å². The maximum atomic E-state index is 13.2. The van der Waals surface area contributed by atoms with Crippen molar-refractivity contribution >= 4 is 15.9 Å². The third kappa shape index (κ3) is 5.86. The molecule has 5 nitrogen and oxygen atoms in total. The minimum absolute atomic E-state index is 0.0650. The molecule has 1 fully saturated rings. The van der Waals surface area contributed by atoms with Gasteiger partial charge >= 0.3 is 6.18 Å². The molecule has 1 heterocycles. The standard InChI is InChI=1S/C22H25F3N2O3S/c1-15(22(23,24)25)21(28)27-12-11-19(26-31(2,29)30)20(27)14-16-7-6-10-18(13-16)17-8-4-3-5-9-17/h3-10,13,15,19-20,26H,11-12,14H2,1-2H3. The Morgan fingerprint density at radius 1 is 1.13 bits per heavy atom. The predicted octanol–water partition coefficient (Wildman–Crippen LogP) is 3.61. The number of alkyl halides is 3. The van der Waals surface area contributed by atoms with Crippen LogP contribution in [0.25, 0.3) is 11.1 Å². The average Bonchev–Trinajstić information content (AvgIpc) is 3.07. The van der Waals surface area contributed by atoms with Gasteiger partial charge in [-0.1, -0.05) is 54.6 Å². The summed E-state index contributed by atoms with van der Waals surface area (Å²) in [5, 5.41) is 0. The van der Waals surface area contributed by atoms with Crippen LogP contribution in [0.3, 0.4) is 0 Å². The van der Waals surface area contributed by atoms with Crippen LogP contribution in [0.2, 0.25) is 0 Å². The van der Waals surface area contributed by atoms with Crippen LogP contribution in [0, 0.1) is 5.92 Å². The summed E-state index contributed by atoms with van der Waals surface area (Å²) in [5.41, 5.74) is 2.73. The summed E-state index contributed by atoms with van der Waals surface area (Å²) in [6.07, 6.45) is -3.16. The first kappa shape index (κ1) is 23.3. The van der Waals surface area contributed by atoms with E-state index in [0.717, 1.165) is 29.9 Å². The van der Waals surface area contributed by atoms with Gasteiger partial charge in [0.05, 0.1) is 12.3 Å². The molecule has 1 aliphatic heterocycles. The van der Waals surface area contributed by atoms with E-state index >= 15 is 0 Å². The Kier molecular flexibility index (Phi) is 6.76. The van der Waals surface area contributed by atoms with Gasteiger partial charge in [0, 0.05) is 12.6 Å². The summed E-state index contributed by atoms with van der Waals surface area (Å²) in [6, 6.07) is 15.8. The summed E-state index contributed by atoms with van der Waals surface area (Å²) in [6.45, 7) is 0.905. The molecule has 1 saturated heterocycles. The lowest BCUT2D eigenvalue weighted by Gasteiger charge is -2.31. The van der Waals surface area contributed by atoms with Gasteiger partial charge in [-0.3, -0.25) is 4.79 Å². The van der Waals surface area contributed by atoms with E-state index in [9.17, 15) is 26.4 Å². The molecule has 0 saturated carbocycles. The minimum atomic E-state index is -4.66. The van der Waals surface area contributed by atoms with Crippen molar-refractivity contribution < 1.29 is 26.4 Å². The third-order valence-corrected chi connectivity index (χ3v) is 6.27. The Morgan fingerprint density at radius 2 is 1.77 bits per heavy atom. The number of carbonyl (C=O) groups is 1. The fourth-order valence-corrected chi connectivity index (χ4v) is 4.76. The fraction of sp³-hybridized carbons (Fsp3) is 0.409. The van der Waals surface area contributed by atoms with Crippen LogP contribution in [0.5, 0.6) is 0 Å². The maximum absolute atomic E-state index is 13.2. The molecule has 3 unspecified atom stereocenters. The lowest BCUT2D eigenvalue weighted by molar-refractivity contribution is -0.186. The van der Waals surface area contributed by atoms with Gasteiger partial charge in [0.2, 0.25) is 15.9 Å². The SMILES string of the molecule is CC(C(=O)N1CCC(NS(C)(=O)=O)C1Cc1cccc(-c2ccccc2)c1)C(F)(F)F. The van der Waals surface area contributed by atoms with Crippen molar-refractivity contribution in [3.8, 4) is 11.1 Å². The number of nitrogens with one attached hydrogen (secondary N) is 1. The number of halogens is 3. The molecule has 0 spiro atoms. The van der Waals surface area contributed by atoms with Gasteiger partial charge in [0.1, 0.15) is 5.92 Å². The molecule has 2 aromatic carbocycles. The van der Waals surface area contributed by atoms with Crippen molar-refractivity contribution in [1.29, 1.82) is 0 Å². The molecule has 1 amide bonds. The molecule has 0 radical (unpaired) electrons. The summed E-state index contributed by atoms with van der Waals surface area (Å²) >= 11 is 0. The Bertz CT molecular complexity index is 1030. The van der Waals surface area contributed by atoms with Gasteiger partial charge in [-0.2, -0.15) is 13.2 Å². The summed E-state index contributed by atoms with van der Waals surface area (Å²) in [7, 11) is -3.59. The third-order valence-electron chi connectivity index (χ3n) is 5.53. The smallest absolute Gasteiger partial charge is 0.337 e. The zero-order valence-corrected chi connectivity index (χ0v) is 18.1. The van der Waals surface area contributed by atoms with Crippen molar-refractivity contribution in [2.24, 2.45) is 5.92 Å². The van der Waals surface area contributed by atoms with E-state index < -0.39 is 40.1 Å². The van der Waals surface area contributed by atoms with Gasteiger partial charge in [-0.05, 0) is 36.5 Å². The Labute approximate surface area is 180 Å². The Balaban J connectivity index is 1.90. The van der Waals surface area contributed by atoms with Crippen LogP contribution < -0.4 is 4.72 Å². The second kappa shape index (κ2) is 9.00. The molecule has 2 aromatic rings.